The zero-order chi connectivity index (χ0) is 13.8. The third-order valence-electron chi connectivity index (χ3n) is 3.52. The number of esters is 1. The summed E-state index contributed by atoms with van der Waals surface area (Å²) in [5.41, 5.74) is 1.44. The Bertz CT molecular complexity index is 480. The van der Waals surface area contributed by atoms with Crippen molar-refractivity contribution in [1.82, 2.24) is 5.32 Å². The van der Waals surface area contributed by atoms with Gasteiger partial charge in [-0.3, -0.25) is 4.79 Å². The highest BCUT2D eigenvalue weighted by molar-refractivity contribution is 5.95. The highest BCUT2D eigenvalue weighted by Gasteiger charge is 2.31. The van der Waals surface area contributed by atoms with E-state index in [1.165, 1.54) is 0 Å². The summed E-state index contributed by atoms with van der Waals surface area (Å²) in [6, 6.07) is 7.40. The third kappa shape index (κ3) is 2.95. The first-order chi connectivity index (χ1) is 9.15. The molecule has 1 N–H and O–H groups in total. The van der Waals surface area contributed by atoms with E-state index in [4.69, 9.17) is 4.74 Å². The zero-order valence-corrected chi connectivity index (χ0v) is 11.3. The minimum Gasteiger partial charge on any atom is -0.448 e. The minimum absolute atomic E-state index is 0.142. The Kier molecular flexibility index (Phi) is 4.20. The Morgan fingerprint density at radius 2 is 2.05 bits per heavy atom. The number of carbonyl (C=O) groups excluding carboxylic acids is 2. The number of nitrogens with one attached hydrogen (secondary N) is 1. The van der Waals surface area contributed by atoms with Crippen molar-refractivity contribution in [3.63, 3.8) is 0 Å². The smallest absolute Gasteiger partial charge is 0.339 e. The second-order valence-corrected chi connectivity index (χ2v) is 4.78. The molecule has 4 heteroatoms. The van der Waals surface area contributed by atoms with Gasteiger partial charge >= 0.3 is 5.97 Å². The van der Waals surface area contributed by atoms with E-state index in [0.29, 0.717) is 12.0 Å². The Balaban J connectivity index is 2.08. The summed E-state index contributed by atoms with van der Waals surface area (Å²) in [7, 11) is 0. The van der Waals surface area contributed by atoms with Crippen LogP contribution in [0.2, 0.25) is 0 Å². The lowest BCUT2D eigenvalue weighted by molar-refractivity contribution is -0.131. The fourth-order valence-electron chi connectivity index (χ4n) is 2.26. The van der Waals surface area contributed by atoms with Crippen LogP contribution in [0.3, 0.4) is 0 Å². The summed E-state index contributed by atoms with van der Waals surface area (Å²) >= 11 is 0. The number of cyclic esters (lactones) is 1. The molecule has 1 amide bonds. The molecule has 0 spiro atoms. The predicted molar refractivity (Wildman–Crippen MR) is 71.9 cm³/mol. The van der Waals surface area contributed by atoms with Crippen LogP contribution in [-0.2, 0) is 16.0 Å². The number of benzene rings is 1. The quantitative estimate of drug-likeness (QED) is 0.844. The molecule has 4 nitrogen and oxygen atoms in total. The molecular formula is C15H19NO3. The lowest BCUT2D eigenvalue weighted by Crippen LogP contribution is -2.45. The van der Waals surface area contributed by atoms with Gasteiger partial charge in [0.1, 0.15) is 0 Å². The molecule has 102 valence electrons. The Morgan fingerprint density at radius 1 is 1.37 bits per heavy atom. The Morgan fingerprint density at radius 3 is 2.74 bits per heavy atom. The van der Waals surface area contributed by atoms with E-state index in [9.17, 15) is 9.59 Å². The van der Waals surface area contributed by atoms with Crippen molar-refractivity contribution in [2.75, 3.05) is 0 Å². The largest absolute Gasteiger partial charge is 0.448 e. The van der Waals surface area contributed by atoms with Crippen molar-refractivity contribution < 1.29 is 14.3 Å². The van der Waals surface area contributed by atoms with Crippen molar-refractivity contribution in [1.29, 1.82) is 0 Å². The number of fused-ring (bicyclic) bond motifs is 1. The molecule has 0 saturated heterocycles. The maximum Gasteiger partial charge on any atom is 0.339 e. The molecular weight excluding hydrogens is 242 g/mol. The van der Waals surface area contributed by atoms with Crippen LogP contribution in [-0.4, -0.2) is 24.0 Å². The van der Waals surface area contributed by atoms with Gasteiger partial charge in [-0.2, -0.15) is 0 Å². The van der Waals surface area contributed by atoms with Gasteiger partial charge in [0.2, 0.25) is 0 Å². The van der Waals surface area contributed by atoms with Crippen LogP contribution in [0.5, 0.6) is 0 Å². The predicted octanol–water partition coefficient (Wildman–Crippen LogP) is 2.07. The van der Waals surface area contributed by atoms with Gasteiger partial charge in [-0.15, -0.1) is 0 Å². The molecule has 1 aromatic rings. The SMILES string of the molecule is CCC(CC)NC(=O)C1Cc2ccccc2C(=O)O1. The number of amides is 1. The van der Waals surface area contributed by atoms with E-state index >= 15 is 0 Å². The topological polar surface area (TPSA) is 55.4 Å². The first-order valence-corrected chi connectivity index (χ1v) is 6.75. The first-order valence-electron chi connectivity index (χ1n) is 6.75. The van der Waals surface area contributed by atoms with Crippen molar-refractivity contribution in [2.45, 2.75) is 45.3 Å². The van der Waals surface area contributed by atoms with Gasteiger partial charge in [0, 0.05) is 12.5 Å². The first kappa shape index (κ1) is 13.6. The number of hydrogen-bond acceptors (Lipinski definition) is 3. The van der Waals surface area contributed by atoms with Crippen molar-refractivity contribution in [3.05, 3.63) is 35.4 Å². The second kappa shape index (κ2) is 5.87. The third-order valence-corrected chi connectivity index (χ3v) is 3.52. The van der Waals surface area contributed by atoms with E-state index in [0.717, 1.165) is 18.4 Å². The van der Waals surface area contributed by atoms with Crippen LogP contribution >= 0.6 is 0 Å². The summed E-state index contributed by atoms with van der Waals surface area (Å²) < 4.78 is 5.21. The van der Waals surface area contributed by atoms with Crippen molar-refractivity contribution >= 4 is 11.9 Å². The number of rotatable bonds is 4. The molecule has 19 heavy (non-hydrogen) atoms. The summed E-state index contributed by atoms with van der Waals surface area (Å²) in [6.45, 7) is 4.05. The number of carbonyl (C=O) groups is 2. The summed E-state index contributed by atoms with van der Waals surface area (Å²) in [5.74, 6) is -0.608. The van der Waals surface area contributed by atoms with Crippen LogP contribution in [0.4, 0.5) is 0 Å². The monoisotopic (exact) mass is 261 g/mol. The van der Waals surface area contributed by atoms with E-state index in [1.54, 1.807) is 12.1 Å². The van der Waals surface area contributed by atoms with E-state index in [1.807, 2.05) is 26.0 Å². The zero-order valence-electron chi connectivity index (χ0n) is 11.3. The lowest BCUT2D eigenvalue weighted by Gasteiger charge is -2.25. The number of ether oxygens (including phenoxy) is 1. The number of hydrogen-bond donors (Lipinski definition) is 1. The molecule has 1 aliphatic rings. The van der Waals surface area contributed by atoms with Crippen LogP contribution < -0.4 is 5.32 Å². The lowest BCUT2D eigenvalue weighted by atomic mass is 9.98. The standard InChI is InChI=1S/C15H19NO3/c1-3-11(4-2)16-14(17)13-9-10-7-5-6-8-12(10)15(18)19-13/h5-8,11,13H,3-4,9H2,1-2H3,(H,16,17). The fourth-order valence-corrected chi connectivity index (χ4v) is 2.26. The highest BCUT2D eigenvalue weighted by atomic mass is 16.5. The van der Waals surface area contributed by atoms with Gasteiger partial charge in [-0.1, -0.05) is 32.0 Å². The molecule has 1 unspecified atom stereocenters. The molecule has 0 bridgehead atoms. The molecule has 2 rings (SSSR count). The summed E-state index contributed by atoms with van der Waals surface area (Å²) in [5, 5.41) is 2.92. The van der Waals surface area contributed by atoms with Crippen LogP contribution in [0, 0.1) is 0 Å². The van der Waals surface area contributed by atoms with Gasteiger partial charge in [-0.25, -0.2) is 4.79 Å². The Hall–Kier alpha value is -1.84. The summed E-state index contributed by atoms with van der Waals surface area (Å²) in [4.78, 5) is 23.9. The molecule has 1 aromatic carbocycles. The van der Waals surface area contributed by atoms with E-state index in [2.05, 4.69) is 5.32 Å². The molecule has 1 aliphatic heterocycles. The molecule has 0 radical (unpaired) electrons. The Labute approximate surface area is 113 Å². The van der Waals surface area contributed by atoms with E-state index < -0.39 is 12.1 Å². The molecule has 0 aliphatic carbocycles. The molecule has 1 heterocycles. The van der Waals surface area contributed by atoms with Gasteiger partial charge in [0.15, 0.2) is 6.10 Å². The van der Waals surface area contributed by atoms with Crippen LogP contribution in [0.1, 0.15) is 42.6 Å². The summed E-state index contributed by atoms with van der Waals surface area (Å²) in [6.07, 6.45) is 1.50. The normalized spacial score (nSPS) is 17.8. The van der Waals surface area contributed by atoms with Crippen molar-refractivity contribution in [2.24, 2.45) is 0 Å². The minimum atomic E-state index is -0.706. The molecule has 0 saturated carbocycles. The molecule has 1 atom stereocenters. The van der Waals surface area contributed by atoms with Gasteiger partial charge < -0.3 is 10.1 Å². The fraction of sp³-hybridized carbons (Fsp3) is 0.467. The van der Waals surface area contributed by atoms with Gasteiger partial charge in [-0.05, 0) is 24.5 Å². The molecule has 0 fully saturated rings. The van der Waals surface area contributed by atoms with Crippen LogP contribution in [0.15, 0.2) is 24.3 Å². The van der Waals surface area contributed by atoms with Crippen molar-refractivity contribution in [3.8, 4) is 0 Å². The van der Waals surface area contributed by atoms with Gasteiger partial charge in [0.25, 0.3) is 5.91 Å². The second-order valence-electron chi connectivity index (χ2n) is 4.78. The highest BCUT2D eigenvalue weighted by Crippen LogP contribution is 2.20. The molecule has 0 aromatic heterocycles. The van der Waals surface area contributed by atoms with Crippen LogP contribution in [0.25, 0.3) is 0 Å². The average Bonchev–Trinajstić information content (AvgIpc) is 2.44. The average molecular weight is 261 g/mol. The maximum atomic E-state index is 12.1. The van der Waals surface area contributed by atoms with Gasteiger partial charge in [0.05, 0.1) is 5.56 Å². The maximum absolute atomic E-state index is 12.1. The van der Waals surface area contributed by atoms with E-state index in [-0.39, 0.29) is 11.9 Å².